The Bertz CT molecular complexity index is 361. The van der Waals surface area contributed by atoms with Gasteiger partial charge in [0.15, 0.2) is 11.5 Å². The highest BCUT2D eigenvalue weighted by atomic mass is 16.5. The summed E-state index contributed by atoms with van der Waals surface area (Å²) in [5.74, 6) is 1.61. The maximum atomic E-state index is 5.56. The Kier molecular flexibility index (Phi) is 6.18. The molecule has 0 amide bonds. The van der Waals surface area contributed by atoms with E-state index in [0.29, 0.717) is 13.2 Å². The van der Waals surface area contributed by atoms with Crippen molar-refractivity contribution in [1.82, 2.24) is 5.32 Å². The van der Waals surface area contributed by atoms with Crippen molar-refractivity contribution in [2.75, 3.05) is 26.8 Å². The lowest BCUT2D eigenvalue weighted by atomic mass is 10.2. The highest BCUT2D eigenvalue weighted by Gasteiger charge is 2.04. The van der Waals surface area contributed by atoms with Crippen LogP contribution in [-0.2, 0) is 0 Å². The summed E-state index contributed by atoms with van der Waals surface area (Å²) in [5, 5.41) is 3.07. The first-order chi connectivity index (χ1) is 8.31. The Balaban J connectivity index is 2.84. The number of ether oxygens (including phenoxy) is 2. The van der Waals surface area contributed by atoms with Gasteiger partial charge < -0.3 is 14.8 Å². The van der Waals surface area contributed by atoms with Gasteiger partial charge in [-0.3, -0.25) is 0 Å². The Morgan fingerprint density at radius 2 is 1.82 bits per heavy atom. The zero-order valence-electron chi connectivity index (χ0n) is 10.8. The number of nitrogens with one attached hydrogen (secondary N) is 1. The molecule has 0 saturated heterocycles. The maximum Gasteiger partial charge on any atom is 0.161 e. The molecule has 3 nitrogen and oxygen atoms in total. The molecule has 0 heterocycles. The fourth-order valence-electron chi connectivity index (χ4n) is 1.48. The molecule has 0 atom stereocenters. The number of likely N-dealkylation sites (N-methyl/N-ethyl adjacent to an activating group) is 1. The van der Waals surface area contributed by atoms with Gasteiger partial charge in [-0.25, -0.2) is 0 Å². The second-order valence-electron chi connectivity index (χ2n) is 3.53. The fraction of sp³-hybridized carbons (Fsp3) is 0.429. The molecule has 0 fully saturated rings. The lowest BCUT2D eigenvalue weighted by Crippen LogP contribution is -2.03. The van der Waals surface area contributed by atoms with E-state index in [9.17, 15) is 0 Å². The molecule has 1 aromatic carbocycles. The first-order valence-corrected chi connectivity index (χ1v) is 6.02. The molecule has 0 aromatic heterocycles. The van der Waals surface area contributed by atoms with Crippen molar-refractivity contribution in [3.63, 3.8) is 0 Å². The quantitative estimate of drug-likeness (QED) is 0.788. The topological polar surface area (TPSA) is 30.5 Å². The Morgan fingerprint density at radius 3 is 2.47 bits per heavy atom. The zero-order valence-corrected chi connectivity index (χ0v) is 10.8. The molecule has 1 N–H and O–H groups in total. The first-order valence-electron chi connectivity index (χ1n) is 6.02. The number of hydrogen-bond donors (Lipinski definition) is 1. The van der Waals surface area contributed by atoms with Gasteiger partial charge in [0, 0.05) is 6.54 Å². The van der Waals surface area contributed by atoms with Gasteiger partial charge in [-0.15, -0.1) is 0 Å². The van der Waals surface area contributed by atoms with Gasteiger partial charge >= 0.3 is 0 Å². The summed E-state index contributed by atoms with van der Waals surface area (Å²) in [7, 11) is 1.92. The van der Waals surface area contributed by atoms with Crippen molar-refractivity contribution in [1.29, 1.82) is 0 Å². The predicted molar refractivity (Wildman–Crippen MR) is 71.7 cm³/mol. The van der Waals surface area contributed by atoms with Crippen LogP contribution in [0.25, 0.3) is 6.08 Å². The molecule has 94 valence electrons. The van der Waals surface area contributed by atoms with Gasteiger partial charge in [0.05, 0.1) is 13.2 Å². The van der Waals surface area contributed by atoms with E-state index < -0.39 is 0 Å². The van der Waals surface area contributed by atoms with Gasteiger partial charge in [0.1, 0.15) is 0 Å². The Labute approximate surface area is 103 Å². The van der Waals surface area contributed by atoms with Crippen LogP contribution < -0.4 is 14.8 Å². The second-order valence-corrected chi connectivity index (χ2v) is 3.53. The van der Waals surface area contributed by atoms with E-state index in [1.807, 2.05) is 39.1 Å². The van der Waals surface area contributed by atoms with Crippen molar-refractivity contribution in [3.8, 4) is 11.5 Å². The average Bonchev–Trinajstić information content (AvgIpc) is 2.33. The molecule has 3 heteroatoms. The highest BCUT2D eigenvalue weighted by molar-refractivity contribution is 5.56. The van der Waals surface area contributed by atoms with Crippen molar-refractivity contribution < 1.29 is 9.47 Å². The van der Waals surface area contributed by atoms with Gasteiger partial charge in [-0.05, 0) is 38.6 Å². The highest BCUT2D eigenvalue weighted by Crippen LogP contribution is 2.28. The second kappa shape index (κ2) is 7.74. The van der Waals surface area contributed by atoms with Crippen LogP contribution in [0.15, 0.2) is 24.3 Å². The third-order valence-electron chi connectivity index (χ3n) is 2.20. The fourth-order valence-corrected chi connectivity index (χ4v) is 1.48. The smallest absolute Gasteiger partial charge is 0.161 e. The standard InChI is InChI=1S/C14H21NO2/c1-4-16-13-9-8-12(7-6-10-15-3)11-14(13)17-5-2/h6-9,11,15H,4-5,10H2,1-3H3. The number of hydrogen-bond acceptors (Lipinski definition) is 3. The normalized spacial score (nSPS) is 10.8. The van der Waals surface area contributed by atoms with E-state index in [0.717, 1.165) is 23.6 Å². The SMILES string of the molecule is CCOc1ccc(C=CCNC)cc1OCC. The molecule has 1 aromatic rings. The minimum absolute atomic E-state index is 0.643. The van der Waals surface area contributed by atoms with Crippen molar-refractivity contribution in [3.05, 3.63) is 29.8 Å². The van der Waals surface area contributed by atoms with Gasteiger partial charge in [0.25, 0.3) is 0 Å². The summed E-state index contributed by atoms with van der Waals surface area (Å²) >= 11 is 0. The van der Waals surface area contributed by atoms with E-state index in [1.54, 1.807) is 0 Å². The van der Waals surface area contributed by atoms with Crippen LogP contribution in [0.4, 0.5) is 0 Å². The molecule has 0 unspecified atom stereocenters. The third kappa shape index (κ3) is 4.49. The van der Waals surface area contributed by atoms with Crippen LogP contribution >= 0.6 is 0 Å². The molecular weight excluding hydrogens is 214 g/mol. The monoisotopic (exact) mass is 235 g/mol. The van der Waals surface area contributed by atoms with Crippen LogP contribution in [0.1, 0.15) is 19.4 Å². The van der Waals surface area contributed by atoms with Crippen LogP contribution in [0.3, 0.4) is 0 Å². The molecule has 0 aliphatic carbocycles. The van der Waals surface area contributed by atoms with Crippen molar-refractivity contribution in [2.24, 2.45) is 0 Å². The largest absolute Gasteiger partial charge is 0.490 e. The first kappa shape index (κ1) is 13.6. The van der Waals surface area contributed by atoms with E-state index in [4.69, 9.17) is 9.47 Å². The molecule has 1 rings (SSSR count). The lowest BCUT2D eigenvalue weighted by molar-refractivity contribution is 0.287. The van der Waals surface area contributed by atoms with Crippen molar-refractivity contribution in [2.45, 2.75) is 13.8 Å². The molecule has 0 spiro atoms. The minimum Gasteiger partial charge on any atom is -0.490 e. The lowest BCUT2D eigenvalue weighted by Gasteiger charge is -2.11. The molecule has 0 radical (unpaired) electrons. The summed E-state index contributed by atoms with van der Waals surface area (Å²) in [6.07, 6.45) is 4.14. The Morgan fingerprint density at radius 1 is 1.12 bits per heavy atom. The van der Waals surface area contributed by atoms with Crippen LogP contribution in [0, 0.1) is 0 Å². The summed E-state index contributed by atoms with van der Waals surface area (Å²) in [4.78, 5) is 0. The third-order valence-corrected chi connectivity index (χ3v) is 2.20. The minimum atomic E-state index is 0.643. The molecule has 0 saturated carbocycles. The molecular formula is C14H21NO2. The van der Waals surface area contributed by atoms with E-state index in [-0.39, 0.29) is 0 Å². The van der Waals surface area contributed by atoms with Crippen molar-refractivity contribution >= 4 is 6.08 Å². The molecule has 0 aliphatic heterocycles. The zero-order chi connectivity index (χ0) is 12.5. The van der Waals surface area contributed by atoms with Gasteiger partial charge in [-0.1, -0.05) is 18.2 Å². The number of benzene rings is 1. The predicted octanol–water partition coefficient (Wildman–Crippen LogP) is 2.72. The summed E-state index contributed by atoms with van der Waals surface area (Å²) in [6, 6.07) is 5.98. The van der Waals surface area contributed by atoms with Gasteiger partial charge in [0.2, 0.25) is 0 Å². The molecule has 0 bridgehead atoms. The van der Waals surface area contributed by atoms with E-state index >= 15 is 0 Å². The summed E-state index contributed by atoms with van der Waals surface area (Å²) < 4.78 is 11.1. The average molecular weight is 235 g/mol. The molecule has 17 heavy (non-hydrogen) atoms. The van der Waals surface area contributed by atoms with E-state index in [2.05, 4.69) is 17.5 Å². The van der Waals surface area contributed by atoms with Crippen LogP contribution in [-0.4, -0.2) is 26.8 Å². The maximum absolute atomic E-state index is 5.56. The van der Waals surface area contributed by atoms with Gasteiger partial charge in [-0.2, -0.15) is 0 Å². The number of rotatable bonds is 7. The molecule has 0 aliphatic rings. The Hall–Kier alpha value is -1.48. The van der Waals surface area contributed by atoms with Crippen LogP contribution in [0.2, 0.25) is 0 Å². The summed E-state index contributed by atoms with van der Waals surface area (Å²) in [6.45, 7) is 6.09. The van der Waals surface area contributed by atoms with E-state index in [1.165, 1.54) is 0 Å². The summed E-state index contributed by atoms with van der Waals surface area (Å²) in [5.41, 5.74) is 1.12. The van der Waals surface area contributed by atoms with Crippen LogP contribution in [0.5, 0.6) is 11.5 Å².